The number of fused-ring (bicyclic) bond motifs is 1. The van der Waals surface area contributed by atoms with Crippen LogP contribution in [-0.4, -0.2) is 50.8 Å². The minimum atomic E-state index is -5.04. The van der Waals surface area contributed by atoms with Crippen molar-refractivity contribution in [2.45, 2.75) is 160 Å². The van der Waals surface area contributed by atoms with Gasteiger partial charge in [0.15, 0.2) is 17.2 Å². The summed E-state index contributed by atoms with van der Waals surface area (Å²) >= 11 is 0. The van der Waals surface area contributed by atoms with Crippen LogP contribution in [0.25, 0.3) is 5.52 Å². The first kappa shape index (κ1) is 46.8. The zero-order valence-electron chi connectivity index (χ0n) is 33.5. The maximum Gasteiger partial charge on any atom is 0.573 e. The second-order valence-corrected chi connectivity index (χ2v) is 16.4. The summed E-state index contributed by atoms with van der Waals surface area (Å²) in [5.41, 5.74) is 5.23. The van der Waals surface area contributed by atoms with Gasteiger partial charge in [-0.1, -0.05) is 110 Å². The molecule has 0 amide bonds. The van der Waals surface area contributed by atoms with Crippen LogP contribution in [0, 0.1) is 22.7 Å². The monoisotopic (exact) mass is 834 g/mol. The summed E-state index contributed by atoms with van der Waals surface area (Å²) in [6.45, 7) is 1.21. The number of nitrogens with two attached hydrogens (primary N) is 1. The van der Waals surface area contributed by atoms with Gasteiger partial charge in [0.1, 0.15) is 48.5 Å². The molecule has 320 valence electrons. The predicted octanol–water partition coefficient (Wildman–Crippen LogP) is 10.8. The lowest BCUT2D eigenvalue weighted by Gasteiger charge is -2.24. The highest BCUT2D eigenvalue weighted by molar-refractivity contribution is 7.47. The molecule has 3 N–H and O–H groups in total. The number of rotatable bonds is 28. The van der Waals surface area contributed by atoms with Crippen LogP contribution in [0.1, 0.15) is 153 Å². The van der Waals surface area contributed by atoms with E-state index < -0.39 is 51.0 Å². The fourth-order valence-corrected chi connectivity index (χ4v) is 7.94. The third-order valence-corrected chi connectivity index (χ3v) is 11.3. The first-order valence-corrected chi connectivity index (χ1v) is 22.1. The normalized spacial score (nSPS) is 18.4. The largest absolute Gasteiger partial charge is 0.573 e. The lowest BCUT2D eigenvalue weighted by Crippen LogP contribution is -2.32. The van der Waals surface area contributed by atoms with Gasteiger partial charge in [0.2, 0.25) is 0 Å². The van der Waals surface area contributed by atoms with Crippen LogP contribution in [0.3, 0.4) is 0 Å². The number of phosphoric ester groups is 1. The van der Waals surface area contributed by atoms with E-state index in [1.165, 1.54) is 89.4 Å². The molecule has 1 saturated heterocycles. The highest BCUT2D eigenvalue weighted by atomic mass is 31.2. The molecule has 1 aliphatic heterocycles. The molecule has 1 aliphatic rings. The van der Waals surface area contributed by atoms with Crippen molar-refractivity contribution >= 4 is 19.2 Å². The van der Waals surface area contributed by atoms with Crippen LogP contribution in [0.5, 0.6) is 11.5 Å². The summed E-state index contributed by atoms with van der Waals surface area (Å²) in [6.07, 6.45) is 16.1. The highest BCUT2D eigenvalue weighted by Crippen LogP contribution is 2.47. The van der Waals surface area contributed by atoms with Crippen LogP contribution in [0.2, 0.25) is 0 Å². The Morgan fingerprint density at radius 3 is 2.17 bits per heavy atom. The van der Waals surface area contributed by atoms with Crippen LogP contribution >= 0.6 is 7.82 Å². The number of nitrogen functional groups attached to an aromatic ring is 1. The van der Waals surface area contributed by atoms with Gasteiger partial charge in [-0.25, -0.2) is 14.1 Å². The van der Waals surface area contributed by atoms with Crippen molar-refractivity contribution in [3.63, 3.8) is 0 Å². The second-order valence-electron chi connectivity index (χ2n) is 15.0. The molecule has 0 radical (unpaired) electrons. The first-order chi connectivity index (χ1) is 27.9. The van der Waals surface area contributed by atoms with E-state index >= 15 is 0 Å². The van der Waals surface area contributed by atoms with Gasteiger partial charge in [0, 0.05) is 6.07 Å². The van der Waals surface area contributed by atoms with Crippen LogP contribution < -0.4 is 15.2 Å². The lowest BCUT2D eigenvalue weighted by atomic mass is 10.0. The second kappa shape index (κ2) is 23.6. The van der Waals surface area contributed by atoms with E-state index in [1.54, 1.807) is 22.7 Å². The summed E-state index contributed by atoms with van der Waals surface area (Å²) in [5.74, 6) is -0.512. The van der Waals surface area contributed by atoms with E-state index in [9.17, 15) is 33.2 Å². The number of hydrogen-bond acceptors (Lipinski definition) is 11. The Hall–Kier alpha value is -3.92. The molecule has 1 fully saturated rings. The third kappa shape index (κ3) is 15.7. The Kier molecular flexibility index (Phi) is 19.0. The number of ether oxygens (including phenoxy) is 3. The van der Waals surface area contributed by atoms with Gasteiger partial charge in [0.05, 0.1) is 17.9 Å². The molecule has 13 nitrogen and oxygen atoms in total. The van der Waals surface area contributed by atoms with Gasteiger partial charge in [0.25, 0.3) is 0 Å². The minimum Gasteiger partial charge on any atom is -0.488 e. The van der Waals surface area contributed by atoms with E-state index in [2.05, 4.69) is 27.8 Å². The number of anilines is 1. The van der Waals surface area contributed by atoms with Crippen molar-refractivity contribution in [1.82, 2.24) is 14.6 Å². The molecule has 4 rings (SSSR count). The summed E-state index contributed by atoms with van der Waals surface area (Å²) in [5, 5.41) is 23.5. The zero-order chi connectivity index (χ0) is 41.9. The Labute approximate surface area is 339 Å². The molecular weight excluding hydrogens is 776 g/mol. The Bertz CT molecular complexity index is 1830. The summed E-state index contributed by atoms with van der Waals surface area (Å²) in [6, 6.07) is 10.6. The molecule has 3 heterocycles. The van der Waals surface area contributed by atoms with Gasteiger partial charge in [-0.3, -0.25) is 9.05 Å². The number of hydrogen-bond donors (Lipinski definition) is 2. The minimum absolute atomic E-state index is 0.0497. The van der Waals surface area contributed by atoms with Crippen molar-refractivity contribution in [2.24, 2.45) is 0 Å². The van der Waals surface area contributed by atoms with Crippen molar-refractivity contribution in [3.05, 3.63) is 47.9 Å². The maximum atomic E-state index is 13.1. The molecule has 0 saturated carbocycles. The summed E-state index contributed by atoms with van der Waals surface area (Å²) in [7, 11) is -4.78. The van der Waals surface area contributed by atoms with E-state index in [0.29, 0.717) is 30.5 Å². The van der Waals surface area contributed by atoms with Crippen molar-refractivity contribution in [3.8, 4) is 23.6 Å². The number of halogens is 3. The molecule has 58 heavy (non-hydrogen) atoms. The van der Waals surface area contributed by atoms with Gasteiger partial charge < -0.3 is 24.8 Å². The number of aromatic nitrogens is 3. The molecule has 3 aromatic rings. The molecule has 0 aliphatic carbocycles. The van der Waals surface area contributed by atoms with Gasteiger partial charge >= 0.3 is 14.2 Å². The molecule has 0 spiro atoms. The Balaban J connectivity index is 1.25. The molecular formula is C41H58F3N6O7P. The zero-order valence-corrected chi connectivity index (χ0v) is 34.4. The molecule has 2 aromatic heterocycles. The first-order valence-electron chi connectivity index (χ1n) is 20.6. The maximum absolute atomic E-state index is 13.1. The van der Waals surface area contributed by atoms with Gasteiger partial charge in [-0.05, 0) is 49.9 Å². The van der Waals surface area contributed by atoms with Crippen LogP contribution in [0.15, 0.2) is 36.7 Å². The number of nitriles is 2. The van der Waals surface area contributed by atoms with E-state index in [0.717, 1.165) is 37.8 Å². The van der Waals surface area contributed by atoms with Crippen molar-refractivity contribution < 1.29 is 45.9 Å². The average molecular weight is 835 g/mol. The topological polar surface area (TPSA) is 187 Å². The Morgan fingerprint density at radius 2 is 1.59 bits per heavy atom. The molecule has 1 aromatic carbocycles. The van der Waals surface area contributed by atoms with Crippen molar-refractivity contribution in [1.29, 1.82) is 10.5 Å². The summed E-state index contributed by atoms with van der Waals surface area (Å²) < 4.78 is 80.5. The van der Waals surface area contributed by atoms with E-state index in [-0.39, 0.29) is 23.6 Å². The number of benzene rings is 1. The van der Waals surface area contributed by atoms with Gasteiger partial charge in [-0.15, -0.1) is 13.2 Å². The highest BCUT2D eigenvalue weighted by Gasteiger charge is 2.44. The van der Waals surface area contributed by atoms with Crippen LogP contribution in [-0.2, 0) is 18.3 Å². The number of phosphoric acid groups is 1. The standard InChI is InChI=1S/C41H58F3N6O7P/c1-2-3-4-5-6-7-8-9-10-11-12-13-14-15-16-17-18-19-34(55-33-21-20-32(27-45)38(26-33)57-41(42,43)44)28-53-58(51,52)54-30-40(29-46)25-24-37(56-40)35-22-23-36-39(47)48-31-49-50(35)36/h20-23,26,31,34,37H,2-19,24-25,28,30H2,1H3,(H,51,52)(H2,47,48,49)/t34-,37-,40-/m1/s1. The predicted molar refractivity (Wildman–Crippen MR) is 212 cm³/mol. The number of unbranched alkanes of at least 4 members (excludes halogenated alkanes) is 16. The van der Waals surface area contributed by atoms with Crippen LogP contribution in [0.4, 0.5) is 19.0 Å². The van der Waals surface area contributed by atoms with E-state index in [1.807, 2.05) is 0 Å². The molecule has 0 bridgehead atoms. The number of nitrogens with zero attached hydrogens (tertiary/aromatic N) is 5. The smallest absolute Gasteiger partial charge is 0.488 e. The fraction of sp³-hybridized carbons (Fsp3) is 0.659. The third-order valence-electron chi connectivity index (χ3n) is 10.3. The molecule has 4 atom stereocenters. The Morgan fingerprint density at radius 1 is 0.966 bits per heavy atom. The van der Waals surface area contributed by atoms with Gasteiger partial charge in [-0.2, -0.15) is 15.6 Å². The average Bonchev–Trinajstić information content (AvgIpc) is 3.83. The summed E-state index contributed by atoms with van der Waals surface area (Å²) in [4.78, 5) is 14.6. The van der Waals surface area contributed by atoms with Crippen molar-refractivity contribution in [2.75, 3.05) is 18.9 Å². The quantitative estimate of drug-likeness (QED) is 0.0521. The lowest BCUT2D eigenvalue weighted by molar-refractivity contribution is -0.274. The number of alkyl halides is 3. The van der Waals surface area contributed by atoms with E-state index in [4.69, 9.17) is 24.3 Å². The molecule has 1 unspecified atom stereocenters. The molecule has 17 heteroatoms. The fourth-order valence-electron chi connectivity index (χ4n) is 7.14. The SMILES string of the molecule is CCCCCCCCCCCCCCCCCCC[C@H](COP(=O)(O)OC[C@]1(C#N)CC[C@H](c2ccc3c(N)ncnn23)O1)Oc1ccc(C#N)c(OC(F)(F)F)c1.